The molecule has 3 radical (unpaired) electrons. The molecule has 6 aromatic rings. The number of hydrogen-bond donors (Lipinski definition) is 0. The Labute approximate surface area is 283 Å². The van der Waals surface area contributed by atoms with E-state index in [9.17, 15) is 13.2 Å². The van der Waals surface area contributed by atoms with Gasteiger partial charge < -0.3 is 15.0 Å². The average molecular weight is 1090 g/mol. The Morgan fingerprint density at radius 1 is 0.381 bits per heavy atom. The summed E-state index contributed by atoms with van der Waals surface area (Å²) in [7, 11) is 0. The first-order valence-electron chi connectivity index (χ1n) is 11.8. The van der Waals surface area contributed by atoms with E-state index in [1.165, 1.54) is 36.8 Å². The zero-order chi connectivity index (χ0) is 27.3. The fourth-order valence-electron chi connectivity index (χ4n) is 3.26. The van der Waals surface area contributed by atoms with Crippen molar-refractivity contribution in [1.82, 2.24) is 15.0 Å². The van der Waals surface area contributed by atoms with Crippen LogP contribution in [0.1, 0.15) is 0 Å². The molecule has 0 aliphatic rings. The van der Waals surface area contributed by atoms with Gasteiger partial charge in [-0.25, -0.2) is 13.2 Å². The van der Waals surface area contributed by atoms with Crippen LogP contribution in [0, 0.1) is 35.7 Å². The van der Waals surface area contributed by atoms with Crippen molar-refractivity contribution in [1.29, 1.82) is 0 Å². The summed E-state index contributed by atoms with van der Waals surface area (Å²) in [5.41, 5.74) is 4.85. The molecule has 0 saturated heterocycles. The molecule has 0 atom stereocenters. The molecule has 0 bridgehead atoms. The van der Waals surface area contributed by atoms with Crippen LogP contribution in [-0.2, 0) is 60.3 Å². The van der Waals surface area contributed by atoms with E-state index < -0.39 is 0 Å². The van der Waals surface area contributed by atoms with Crippen LogP contribution in [0.2, 0.25) is 0 Å². The standard InChI is InChI=1S/3C11H7FN.3Ir/c3*12-10-6-7-11(13-8-10)9-4-2-1-3-5-9;;;/h3*1-4,6-8H;;;/q3*-1;;;. The Morgan fingerprint density at radius 2 is 0.667 bits per heavy atom. The monoisotopic (exact) mass is 1100 g/mol. The molecule has 3 heterocycles. The summed E-state index contributed by atoms with van der Waals surface area (Å²) in [5, 5.41) is 0. The topological polar surface area (TPSA) is 38.7 Å². The number of hydrogen-bond acceptors (Lipinski definition) is 3. The van der Waals surface area contributed by atoms with Gasteiger partial charge in [0, 0.05) is 60.3 Å². The largest absolute Gasteiger partial charge is 0.302 e. The fraction of sp³-hybridized carbons (Fsp3) is 0. The Hall–Kier alpha value is -3.15. The van der Waals surface area contributed by atoms with Crippen LogP contribution in [-0.4, -0.2) is 15.0 Å². The molecule has 0 aliphatic carbocycles. The summed E-state index contributed by atoms with van der Waals surface area (Å²) in [6.45, 7) is 0. The second-order valence-corrected chi connectivity index (χ2v) is 7.91. The van der Waals surface area contributed by atoms with Gasteiger partial charge in [-0.15, -0.1) is 108 Å². The van der Waals surface area contributed by atoms with Gasteiger partial charge in [0.2, 0.25) is 0 Å². The van der Waals surface area contributed by atoms with Crippen molar-refractivity contribution >= 4 is 0 Å². The third-order valence-corrected chi connectivity index (χ3v) is 5.14. The molecule has 0 aliphatic heterocycles. The van der Waals surface area contributed by atoms with E-state index in [2.05, 4.69) is 33.2 Å². The van der Waals surface area contributed by atoms with Gasteiger partial charge >= 0.3 is 0 Å². The van der Waals surface area contributed by atoms with Crippen LogP contribution in [0.4, 0.5) is 13.2 Å². The molecule has 219 valence electrons. The fourth-order valence-corrected chi connectivity index (χ4v) is 3.26. The summed E-state index contributed by atoms with van der Waals surface area (Å²) in [4.78, 5) is 11.8. The number of benzene rings is 3. The van der Waals surface area contributed by atoms with Crippen molar-refractivity contribution in [3.8, 4) is 33.8 Å². The van der Waals surface area contributed by atoms with Crippen molar-refractivity contribution in [2.75, 3.05) is 0 Å². The predicted octanol–water partition coefficient (Wildman–Crippen LogP) is 8.06. The molecule has 0 unspecified atom stereocenters. The van der Waals surface area contributed by atoms with E-state index in [1.54, 1.807) is 36.4 Å². The van der Waals surface area contributed by atoms with Crippen molar-refractivity contribution in [2.45, 2.75) is 0 Å². The van der Waals surface area contributed by atoms with Crippen LogP contribution in [0.5, 0.6) is 0 Å². The molecule has 9 heteroatoms. The summed E-state index contributed by atoms with van der Waals surface area (Å²) in [6, 6.07) is 40.6. The Bertz CT molecular complexity index is 1350. The second kappa shape index (κ2) is 19.9. The summed E-state index contributed by atoms with van der Waals surface area (Å²) in [5.74, 6) is -0.959. The van der Waals surface area contributed by atoms with Gasteiger partial charge in [-0.3, -0.25) is 0 Å². The van der Waals surface area contributed by atoms with Crippen LogP contribution in [0.15, 0.2) is 128 Å². The van der Waals surface area contributed by atoms with E-state index in [0.29, 0.717) is 0 Å². The van der Waals surface area contributed by atoms with E-state index in [-0.39, 0.29) is 77.8 Å². The molecule has 3 aromatic heterocycles. The van der Waals surface area contributed by atoms with Crippen molar-refractivity contribution in [3.63, 3.8) is 0 Å². The van der Waals surface area contributed by atoms with E-state index in [0.717, 1.165) is 33.8 Å². The van der Waals surface area contributed by atoms with E-state index in [4.69, 9.17) is 0 Å². The maximum atomic E-state index is 12.5. The first-order chi connectivity index (χ1) is 19.1. The average Bonchev–Trinajstić information content (AvgIpc) is 3.00. The maximum Gasteiger partial charge on any atom is 0.139 e. The van der Waals surface area contributed by atoms with E-state index >= 15 is 0 Å². The molecular weight excluding hydrogens is 1070 g/mol. The van der Waals surface area contributed by atoms with Crippen molar-refractivity contribution in [3.05, 3.63) is 163 Å². The van der Waals surface area contributed by atoms with Crippen LogP contribution in [0.25, 0.3) is 33.8 Å². The predicted molar refractivity (Wildman–Crippen MR) is 145 cm³/mol. The van der Waals surface area contributed by atoms with Gasteiger partial charge in [0.05, 0.1) is 18.6 Å². The van der Waals surface area contributed by atoms with Gasteiger partial charge in [0.1, 0.15) is 17.5 Å². The zero-order valence-electron chi connectivity index (χ0n) is 21.6. The molecule has 0 saturated carbocycles. The molecule has 3 aromatic carbocycles. The summed E-state index contributed by atoms with van der Waals surface area (Å²) in [6.07, 6.45) is 3.61. The molecular formula is C33H21F3Ir3N3-3. The number of aromatic nitrogens is 3. The quantitative estimate of drug-likeness (QED) is 0.169. The first kappa shape index (κ1) is 36.9. The number of halogens is 3. The second-order valence-electron chi connectivity index (χ2n) is 7.91. The normalized spacial score (nSPS) is 9.21. The van der Waals surface area contributed by atoms with Gasteiger partial charge in [-0.1, -0.05) is 18.2 Å². The van der Waals surface area contributed by atoms with Gasteiger partial charge in [-0.05, 0) is 35.3 Å². The van der Waals surface area contributed by atoms with Gasteiger partial charge in [0.25, 0.3) is 0 Å². The molecule has 0 amide bonds. The van der Waals surface area contributed by atoms with E-state index in [1.807, 2.05) is 54.6 Å². The third kappa shape index (κ3) is 12.0. The molecule has 0 N–H and O–H groups in total. The molecule has 42 heavy (non-hydrogen) atoms. The zero-order valence-corrected chi connectivity index (χ0v) is 28.8. The van der Waals surface area contributed by atoms with Gasteiger partial charge in [-0.2, -0.15) is 0 Å². The first-order valence-corrected chi connectivity index (χ1v) is 11.8. The molecule has 0 fully saturated rings. The van der Waals surface area contributed by atoms with Gasteiger partial charge in [0.15, 0.2) is 0 Å². The molecule has 6 rings (SSSR count). The van der Waals surface area contributed by atoms with Crippen LogP contribution < -0.4 is 0 Å². The Balaban J connectivity index is 0.000000304. The van der Waals surface area contributed by atoms with Crippen molar-refractivity contribution < 1.29 is 73.5 Å². The number of pyridine rings is 3. The molecule has 0 spiro atoms. The summed E-state index contributed by atoms with van der Waals surface area (Å²) >= 11 is 0. The Morgan fingerprint density at radius 3 is 0.857 bits per heavy atom. The minimum Gasteiger partial charge on any atom is -0.302 e. The van der Waals surface area contributed by atoms with Crippen LogP contribution in [0.3, 0.4) is 0 Å². The van der Waals surface area contributed by atoms with Crippen LogP contribution >= 0.6 is 0 Å². The summed E-state index contributed by atoms with van der Waals surface area (Å²) < 4.78 is 37.6. The number of nitrogens with zero attached hydrogens (tertiary/aromatic N) is 3. The Kier molecular flexibility index (Phi) is 17.4. The van der Waals surface area contributed by atoms with Crippen molar-refractivity contribution in [2.24, 2.45) is 0 Å². The SMILES string of the molecule is Fc1ccc(-c2[c-]cccc2)nc1.Fc1ccc(-c2[c-]cccc2)nc1.Fc1ccc(-c2[c-]cccc2)nc1.[Ir].[Ir].[Ir]. The number of rotatable bonds is 3. The minimum atomic E-state index is -0.320. The third-order valence-electron chi connectivity index (χ3n) is 5.14. The maximum absolute atomic E-state index is 12.5. The minimum absolute atomic E-state index is 0. The smallest absolute Gasteiger partial charge is 0.139 e. The molecule has 3 nitrogen and oxygen atoms in total.